The Kier molecular flexibility index (Phi) is 4.16. The standard InChI is InChI=1S/C20H16N2O4S/c1-11-6-3-4-7-13(11)17-21-18-16(19(23)22(17)12(2)20(24)25)14(10-27-18)15-8-5-9-26-15/h3-10,12H,1-2H3,(H,24,25). The predicted molar refractivity (Wildman–Crippen MR) is 104 cm³/mol. The summed E-state index contributed by atoms with van der Waals surface area (Å²) in [6.07, 6.45) is 1.53. The second-order valence-corrected chi connectivity index (χ2v) is 7.10. The average molecular weight is 380 g/mol. The van der Waals surface area contributed by atoms with Gasteiger partial charge in [0.2, 0.25) is 0 Å². The summed E-state index contributed by atoms with van der Waals surface area (Å²) in [6.45, 7) is 3.39. The highest BCUT2D eigenvalue weighted by Crippen LogP contribution is 2.33. The van der Waals surface area contributed by atoms with E-state index in [-0.39, 0.29) is 5.56 Å². The van der Waals surface area contributed by atoms with Crippen LogP contribution in [0.25, 0.3) is 32.9 Å². The van der Waals surface area contributed by atoms with Crippen LogP contribution in [-0.2, 0) is 4.79 Å². The number of carboxylic acids is 1. The number of hydrogen-bond donors (Lipinski definition) is 1. The van der Waals surface area contributed by atoms with Crippen LogP contribution < -0.4 is 5.56 Å². The molecule has 4 aromatic rings. The number of nitrogens with zero attached hydrogens (tertiary/aromatic N) is 2. The minimum atomic E-state index is -1.09. The molecule has 7 heteroatoms. The van der Waals surface area contributed by atoms with Crippen molar-refractivity contribution in [2.45, 2.75) is 19.9 Å². The summed E-state index contributed by atoms with van der Waals surface area (Å²) in [5.41, 5.74) is 1.89. The van der Waals surface area contributed by atoms with Gasteiger partial charge in [-0.05, 0) is 31.5 Å². The van der Waals surface area contributed by atoms with Crippen molar-refractivity contribution in [1.29, 1.82) is 0 Å². The van der Waals surface area contributed by atoms with Crippen molar-refractivity contribution in [2.24, 2.45) is 0 Å². The Morgan fingerprint density at radius 1 is 1.22 bits per heavy atom. The number of furan rings is 1. The van der Waals surface area contributed by atoms with E-state index < -0.39 is 12.0 Å². The van der Waals surface area contributed by atoms with E-state index >= 15 is 0 Å². The lowest BCUT2D eigenvalue weighted by molar-refractivity contribution is -0.140. The van der Waals surface area contributed by atoms with Crippen LogP contribution in [0.15, 0.2) is 57.3 Å². The second-order valence-electron chi connectivity index (χ2n) is 6.25. The van der Waals surface area contributed by atoms with Crippen molar-refractivity contribution in [3.63, 3.8) is 0 Å². The zero-order valence-electron chi connectivity index (χ0n) is 14.7. The quantitative estimate of drug-likeness (QED) is 0.569. The van der Waals surface area contributed by atoms with Crippen LogP contribution in [-0.4, -0.2) is 20.6 Å². The number of fused-ring (bicyclic) bond motifs is 1. The highest BCUT2D eigenvalue weighted by molar-refractivity contribution is 7.17. The summed E-state index contributed by atoms with van der Waals surface area (Å²) in [5.74, 6) is -0.186. The summed E-state index contributed by atoms with van der Waals surface area (Å²) < 4.78 is 6.69. The zero-order valence-corrected chi connectivity index (χ0v) is 15.5. The van der Waals surface area contributed by atoms with Crippen LogP contribution in [0.1, 0.15) is 18.5 Å². The van der Waals surface area contributed by atoms with Crippen LogP contribution >= 0.6 is 11.3 Å². The van der Waals surface area contributed by atoms with E-state index in [1.807, 2.05) is 36.6 Å². The van der Waals surface area contributed by atoms with Gasteiger partial charge in [-0.25, -0.2) is 9.78 Å². The lowest BCUT2D eigenvalue weighted by atomic mass is 10.1. The summed E-state index contributed by atoms with van der Waals surface area (Å²) in [6, 6.07) is 9.93. The fraction of sp³-hybridized carbons (Fsp3) is 0.150. The Hall–Kier alpha value is -3.19. The van der Waals surface area contributed by atoms with Gasteiger partial charge in [0.05, 0.1) is 11.6 Å². The van der Waals surface area contributed by atoms with E-state index in [4.69, 9.17) is 4.42 Å². The minimum absolute atomic E-state index is 0.355. The Balaban J connectivity index is 2.10. The first kappa shape index (κ1) is 17.2. The van der Waals surface area contributed by atoms with Crippen molar-refractivity contribution >= 4 is 27.5 Å². The normalized spacial score (nSPS) is 12.4. The molecular weight excluding hydrogens is 364 g/mol. The first-order valence-corrected chi connectivity index (χ1v) is 9.23. The number of aliphatic carboxylic acids is 1. The number of carboxylic acid groups (broad SMARTS) is 1. The molecule has 0 aliphatic carbocycles. The molecule has 0 amide bonds. The van der Waals surface area contributed by atoms with E-state index in [1.54, 1.807) is 12.1 Å². The Morgan fingerprint density at radius 2 is 2.00 bits per heavy atom. The first-order valence-electron chi connectivity index (χ1n) is 8.35. The molecule has 1 aromatic carbocycles. The van der Waals surface area contributed by atoms with Crippen LogP contribution in [0.3, 0.4) is 0 Å². The van der Waals surface area contributed by atoms with Gasteiger partial charge in [-0.3, -0.25) is 9.36 Å². The van der Waals surface area contributed by atoms with Gasteiger partial charge in [-0.1, -0.05) is 24.3 Å². The number of hydrogen-bond acceptors (Lipinski definition) is 5. The molecule has 0 fully saturated rings. The molecule has 3 aromatic heterocycles. The number of rotatable bonds is 4. The molecule has 0 spiro atoms. The summed E-state index contributed by atoms with van der Waals surface area (Å²) in [7, 11) is 0. The molecule has 0 bridgehead atoms. The molecule has 6 nitrogen and oxygen atoms in total. The van der Waals surface area contributed by atoms with Gasteiger partial charge in [-0.15, -0.1) is 11.3 Å². The predicted octanol–water partition coefficient (Wildman–Crippen LogP) is 4.34. The fourth-order valence-electron chi connectivity index (χ4n) is 3.10. The maximum absolute atomic E-state index is 13.4. The van der Waals surface area contributed by atoms with Crippen molar-refractivity contribution in [3.8, 4) is 22.7 Å². The molecule has 4 rings (SSSR count). The topological polar surface area (TPSA) is 85.3 Å². The lowest BCUT2D eigenvalue weighted by Crippen LogP contribution is -2.30. The number of aryl methyl sites for hydroxylation is 1. The molecule has 0 aliphatic heterocycles. The van der Waals surface area contributed by atoms with Gasteiger partial charge < -0.3 is 9.52 Å². The van der Waals surface area contributed by atoms with Gasteiger partial charge >= 0.3 is 5.97 Å². The van der Waals surface area contributed by atoms with Gasteiger partial charge in [0, 0.05) is 16.5 Å². The molecule has 0 radical (unpaired) electrons. The molecule has 3 heterocycles. The molecule has 0 aliphatic rings. The smallest absolute Gasteiger partial charge is 0.326 e. The molecule has 0 saturated heterocycles. The Bertz CT molecular complexity index is 1200. The van der Waals surface area contributed by atoms with Crippen LogP contribution in [0.4, 0.5) is 0 Å². The lowest BCUT2D eigenvalue weighted by Gasteiger charge is -2.17. The van der Waals surface area contributed by atoms with Crippen molar-refractivity contribution < 1.29 is 14.3 Å². The SMILES string of the molecule is Cc1ccccc1-c1nc2scc(-c3ccco3)c2c(=O)n1C(C)C(=O)O. The molecule has 1 N–H and O–H groups in total. The molecular formula is C20H16N2O4S. The maximum Gasteiger partial charge on any atom is 0.326 e. The van der Waals surface area contributed by atoms with Crippen LogP contribution in [0, 0.1) is 6.92 Å². The molecule has 0 saturated carbocycles. The van der Waals surface area contributed by atoms with E-state index in [9.17, 15) is 14.7 Å². The Morgan fingerprint density at radius 3 is 2.67 bits per heavy atom. The van der Waals surface area contributed by atoms with Gasteiger partial charge in [0.25, 0.3) is 5.56 Å². The molecule has 136 valence electrons. The summed E-state index contributed by atoms with van der Waals surface area (Å²) >= 11 is 1.34. The van der Waals surface area contributed by atoms with E-state index in [2.05, 4.69) is 4.98 Å². The monoisotopic (exact) mass is 380 g/mol. The summed E-state index contributed by atoms with van der Waals surface area (Å²) in [5, 5.41) is 11.8. The highest BCUT2D eigenvalue weighted by atomic mass is 32.1. The first-order chi connectivity index (χ1) is 13.0. The van der Waals surface area contributed by atoms with E-state index in [0.29, 0.717) is 27.4 Å². The van der Waals surface area contributed by atoms with Crippen molar-refractivity contribution in [2.75, 3.05) is 0 Å². The third kappa shape index (κ3) is 2.76. The van der Waals surface area contributed by atoms with Crippen LogP contribution in [0.5, 0.6) is 0 Å². The van der Waals surface area contributed by atoms with Gasteiger partial charge in [0.15, 0.2) is 0 Å². The summed E-state index contributed by atoms with van der Waals surface area (Å²) in [4.78, 5) is 30.3. The third-order valence-corrected chi connectivity index (χ3v) is 5.43. The maximum atomic E-state index is 13.4. The van der Waals surface area contributed by atoms with Gasteiger partial charge in [0.1, 0.15) is 22.5 Å². The molecule has 27 heavy (non-hydrogen) atoms. The van der Waals surface area contributed by atoms with Gasteiger partial charge in [-0.2, -0.15) is 0 Å². The average Bonchev–Trinajstić information content (AvgIpc) is 3.30. The number of thiophene rings is 1. The van der Waals surface area contributed by atoms with E-state index in [0.717, 1.165) is 11.1 Å². The molecule has 1 atom stereocenters. The molecule has 1 unspecified atom stereocenters. The second kappa shape index (κ2) is 6.51. The van der Waals surface area contributed by atoms with Crippen LogP contribution in [0.2, 0.25) is 0 Å². The number of aromatic nitrogens is 2. The fourth-order valence-corrected chi connectivity index (χ4v) is 4.02. The minimum Gasteiger partial charge on any atom is -0.480 e. The zero-order chi connectivity index (χ0) is 19.1. The largest absolute Gasteiger partial charge is 0.480 e. The number of carbonyl (C=O) groups is 1. The number of benzene rings is 1. The third-order valence-electron chi connectivity index (χ3n) is 4.56. The Labute approximate surface area is 158 Å². The van der Waals surface area contributed by atoms with Crippen molar-refractivity contribution in [1.82, 2.24) is 9.55 Å². The van der Waals surface area contributed by atoms with Crippen molar-refractivity contribution in [3.05, 3.63) is 64.0 Å². The highest BCUT2D eigenvalue weighted by Gasteiger charge is 2.25. The van der Waals surface area contributed by atoms with E-state index in [1.165, 1.54) is 29.1 Å².